The second-order valence-electron chi connectivity index (χ2n) is 7.67. The van der Waals surface area contributed by atoms with Crippen LogP contribution in [0.15, 0.2) is 41.8 Å². The minimum Gasteiger partial charge on any atom is -0.338 e. The molecule has 1 aliphatic heterocycles. The van der Waals surface area contributed by atoms with Crippen LogP contribution in [0.5, 0.6) is 0 Å². The van der Waals surface area contributed by atoms with E-state index in [9.17, 15) is 18.4 Å². The summed E-state index contributed by atoms with van der Waals surface area (Å²) in [6.07, 6.45) is 1.28. The Bertz CT molecular complexity index is 1160. The Labute approximate surface area is 193 Å². The lowest BCUT2D eigenvalue weighted by atomic mass is 9.97. The maximum Gasteiger partial charge on any atom is 0.275 e. The smallest absolute Gasteiger partial charge is 0.275 e. The predicted octanol–water partition coefficient (Wildman–Crippen LogP) is 5.66. The van der Waals surface area contributed by atoms with Crippen molar-refractivity contribution in [3.05, 3.63) is 80.3 Å². The number of nitrogens with zero attached hydrogens (tertiary/aromatic N) is 2. The molecule has 0 spiro atoms. The fourth-order valence-electron chi connectivity index (χ4n) is 3.68. The number of halogens is 3. The third kappa shape index (κ3) is 4.66. The highest BCUT2D eigenvalue weighted by Crippen LogP contribution is 2.32. The summed E-state index contributed by atoms with van der Waals surface area (Å²) in [5, 5.41) is 5.08. The Morgan fingerprint density at radius 2 is 1.91 bits per heavy atom. The van der Waals surface area contributed by atoms with Crippen LogP contribution in [0.3, 0.4) is 0 Å². The van der Waals surface area contributed by atoms with Crippen molar-refractivity contribution >= 4 is 40.4 Å². The standard InChI is InChI=1S/C23H20ClF2N3O2S/c1-13-5-6-18(17(26)11-13)27-21(30)19-12-32-22(28-19)14-7-9-29(10-8-14)23(31)20-15(24)3-2-4-16(20)25/h2-6,11-12,14H,7-10H2,1H3,(H,27,30). The summed E-state index contributed by atoms with van der Waals surface area (Å²) in [7, 11) is 0. The van der Waals surface area contributed by atoms with E-state index < -0.39 is 23.4 Å². The van der Waals surface area contributed by atoms with Gasteiger partial charge in [-0.25, -0.2) is 13.8 Å². The summed E-state index contributed by atoms with van der Waals surface area (Å²) in [4.78, 5) is 31.2. The van der Waals surface area contributed by atoms with Crippen LogP contribution in [-0.2, 0) is 0 Å². The maximum atomic E-state index is 14.1. The van der Waals surface area contributed by atoms with Gasteiger partial charge in [0.1, 0.15) is 17.3 Å². The van der Waals surface area contributed by atoms with Crippen LogP contribution in [-0.4, -0.2) is 34.8 Å². The van der Waals surface area contributed by atoms with E-state index in [-0.39, 0.29) is 27.9 Å². The van der Waals surface area contributed by atoms with Gasteiger partial charge in [-0.05, 0) is 49.6 Å². The van der Waals surface area contributed by atoms with Crippen molar-refractivity contribution in [3.8, 4) is 0 Å². The molecule has 0 atom stereocenters. The topological polar surface area (TPSA) is 62.3 Å². The molecule has 5 nitrogen and oxygen atoms in total. The molecule has 4 rings (SSSR count). The molecule has 1 fully saturated rings. The number of carbonyl (C=O) groups excluding carboxylic acids is 2. The zero-order valence-corrected chi connectivity index (χ0v) is 18.8. The van der Waals surface area contributed by atoms with Gasteiger partial charge in [-0.2, -0.15) is 0 Å². The van der Waals surface area contributed by atoms with Crippen molar-refractivity contribution in [2.75, 3.05) is 18.4 Å². The van der Waals surface area contributed by atoms with Gasteiger partial charge in [-0.3, -0.25) is 9.59 Å². The van der Waals surface area contributed by atoms with Crippen LogP contribution in [0.4, 0.5) is 14.5 Å². The van der Waals surface area contributed by atoms with Crippen LogP contribution < -0.4 is 5.32 Å². The zero-order valence-electron chi connectivity index (χ0n) is 17.2. The number of anilines is 1. The number of benzene rings is 2. The van der Waals surface area contributed by atoms with E-state index in [0.29, 0.717) is 25.9 Å². The molecule has 0 aliphatic carbocycles. The number of amides is 2. The number of aryl methyl sites for hydroxylation is 1. The van der Waals surface area contributed by atoms with Crippen molar-refractivity contribution < 1.29 is 18.4 Å². The lowest BCUT2D eigenvalue weighted by Gasteiger charge is -2.31. The van der Waals surface area contributed by atoms with Gasteiger partial charge in [0.2, 0.25) is 0 Å². The van der Waals surface area contributed by atoms with E-state index in [0.717, 1.165) is 10.6 Å². The molecule has 1 N–H and O–H groups in total. The van der Waals surface area contributed by atoms with Crippen molar-refractivity contribution in [1.29, 1.82) is 0 Å². The summed E-state index contributed by atoms with van der Waals surface area (Å²) in [6, 6.07) is 8.76. The quantitative estimate of drug-likeness (QED) is 0.530. The zero-order chi connectivity index (χ0) is 22.8. The van der Waals surface area contributed by atoms with Crippen LogP contribution in [0, 0.1) is 18.6 Å². The summed E-state index contributed by atoms with van der Waals surface area (Å²) in [6.45, 7) is 2.64. The second kappa shape index (κ2) is 9.34. The van der Waals surface area contributed by atoms with Crippen LogP contribution in [0.2, 0.25) is 5.02 Å². The van der Waals surface area contributed by atoms with Crippen LogP contribution in [0.1, 0.15) is 50.2 Å². The van der Waals surface area contributed by atoms with Crippen LogP contribution in [0.25, 0.3) is 0 Å². The van der Waals surface area contributed by atoms with E-state index in [4.69, 9.17) is 11.6 Å². The molecular formula is C23H20ClF2N3O2S. The molecule has 0 unspecified atom stereocenters. The lowest BCUT2D eigenvalue weighted by Crippen LogP contribution is -2.38. The number of likely N-dealkylation sites (tertiary alicyclic amines) is 1. The number of rotatable bonds is 4. The van der Waals surface area contributed by atoms with Gasteiger partial charge in [-0.1, -0.05) is 23.7 Å². The Kier molecular flexibility index (Phi) is 6.53. The Hall–Kier alpha value is -2.84. The van der Waals surface area contributed by atoms with E-state index in [1.807, 2.05) is 0 Å². The Morgan fingerprint density at radius 1 is 1.16 bits per heavy atom. The Morgan fingerprint density at radius 3 is 2.59 bits per heavy atom. The van der Waals surface area contributed by atoms with Gasteiger partial charge >= 0.3 is 0 Å². The highest BCUT2D eigenvalue weighted by atomic mass is 35.5. The summed E-state index contributed by atoms with van der Waals surface area (Å²) in [5.74, 6) is -1.95. The SMILES string of the molecule is Cc1ccc(NC(=O)c2csc(C3CCN(C(=O)c4c(F)cccc4Cl)CC3)n2)c(F)c1. The van der Waals surface area contributed by atoms with E-state index in [1.165, 1.54) is 41.7 Å². The van der Waals surface area contributed by atoms with Crippen molar-refractivity contribution in [1.82, 2.24) is 9.88 Å². The minimum absolute atomic E-state index is 0.0813. The molecule has 2 aromatic carbocycles. The van der Waals surface area contributed by atoms with Crippen LogP contribution >= 0.6 is 22.9 Å². The molecule has 2 amide bonds. The first kappa shape index (κ1) is 22.4. The molecule has 3 aromatic rings. The average Bonchev–Trinajstić information content (AvgIpc) is 3.26. The first-order valence-corrected chi connectivity index (χ1v) is 11.4. The Balaban J connectivity index is 1.38. The fraction of sp³-hybridized carbons (Fsp3) is 0.261. The molecule has 166 valence electrons. The molecule has 0 saturated carbocycles. The minimum atomic E-state index is -0.634. The fourth-order valence-corrected chi connectivity index (χ4v) is 4.89. The van der Waals surface area contributed by atoms with Crippen molar-refractivity contribution in [2.45, 2.75) is 25.7 Å². The molecule has 32 heavy (non-hydrogen) atoms. The third-order valence-electron chi connectivity index (χ3n) is 5.44. The lowest BCUT2D eigenvalue weighted by molar-refractivity contribution is 0.0708. The number of carbonyl (C=O) groups is 2. The van der Waals surface area contributed by atoms with Gasteiger partial charge in [0.25, 0.3) is 11.8 Å². The van der Waals surface area contributed by atoms with Gasteiger partial charge in [0, 0.05) is 24.4 Å². The van der Waals surface area contributed by atoms with E-state index in [2.05, 4.69) is 10.3 Å². The molecule has 0 radical (unpaired) electrons. The largest absolute Gasteiger partial charge is 0.338 e. The molecule has 2 heterocycles. The predicted molar refractivity (Wildman–Crippen MR) is 120 cm³/mol. The number of hydrogen-bond acceptors (Lipinski definition) is 4. The first-order chi connectivity index (χ1) is 15.3. The third-order valence-corrected chi connectivity index (χ3v) is 6.76. The number of nitrogens with one attached hydrogen (secondary N) is 1. The van der Waals surface area contributed by atoms with Gasteiger partial charge < -0.3 is 10.2 Å². The highest BCUT2D eigenvalue weighted by Gasteiger charge is 2.29. The van der Waals surface area contributed by atoms with Crippen molar-refractivity contribution in [2.24, 2.45) is 0 Å². The average molecular weight is 476 g/mol. The number of piperidine rings is 1. The van der Waals surface area contributed by atoms with Gasteiger partial charge in [0.15, 0.2) is 0 Å². The second-order valence-corrected chi connectivity index (χ2v) is 8.97. The number of aromatic nitrogens is 1. The molecule has 0 bridgehead atoms. The molecule has 1 aliphatic rings. The molecular weight excluding hydrogens is 456 g/mol. The van der Waals surface area contributed by atoms with E-state index in [1.54, 1.807) is 23.3 Å². The number of hydrogen-bond donors (Lipinski definition) is 1. The van der Waals surface area contributed by atoms with Gasteiger partial charge in [-0.15, -0.1) is 11.3 Å². The summed E-state index contributed by atoms with van der Waals surface area (Å²) in [5.41, 5.74) is 0.984. The normalized spacial score (nSPS) is 14.4. The molecule has 9 heteroatoms. The van der Waals surface area contributed by atoms with E-state index >= 15 is 0 Å². The maximum absolute atomic E-state index is 14.1. The molecule has 1 aromatic heterocycles. The van der Waals surface area contributed by atoms with Gasteiger partial charge in [0.05, 0.1) is 21.3 Å². The number of thiazole rings is 1. The first-order valence-electron chi connectivity index (χ1n) is 10.1. The summed E-state index contributed by atoms with van der Waals surface area (Å²) >= 11 is 7.38. The van der Waals surface area contributed by atoms with Crippen molar-refractivity contribution in [3.63, 3.8) is 0 Å². The summed E-state index contributed by atoms with van der Waals surface area (Å²) < 4.78 is 28.1. The monoisotopic (exact) mass is 475 g/mol. The highest BCUT2D eigenvalue weighted by molar-refractivity contribution is 7.10. The molecule has 1 saturated heterocycles.